The van der Waals surface area contributed by atoms with Crippen LogP contribution in [0.25, 0.3) is 11.6 Å². The van der Waals surface area contributed by atoms with Crippen LogP contribution in [0.4, 0.5) is 4.39 Å². The Bertz CT molecular complexity index is 1180. The quantitative estimate of drug-likeness (QED) is 0.222. The minimum atomic E-state index is -0.735. The second kappa shape index (κ2) is 13.3. The Balaban J connectivity index is 1.54. The maximum Gasteiger partial charge on any atom is 0.338 e. The van der Waals surface area contributed by atoms with E-state index in [4.69, 9.17) is 18.9 Å². The SMILES string of the molecule is COC(=O)/C(=C/c1ccc(OCC(O)CNCc2ccc(OC)cc2OC)cc1)c1ccccc1F. The summed E-state index contributed by atoms with van der Waals surface area (Å²) in [4.78, 5) is 12.2. The third-order valence-corrected chi connectivity index (χ3v) is 5.39. The van der Waals surface area contributed by atoms with Crippen molar-refractivity contribution in [3.63, 3.8) is 0 Å². The summed E-state index contributed by atoms with van der Waals surface area (Å²) >= 11 is 0. The minimum Gasteiger partial charge on any atom is -0.497 e. The van der Waals surface area contributed by atoms with Crippen LogP contribution in [0, 0.1) is 5.82 Å². The van der Waals surface area contributed by atoms with Crippen molar-refractivity contribution in [2.45, 2.75) is 12.6 Å². The Labute approximate surface area is 210 Å². The maximum absolute atomic E-state index is 14.2. The van der Waals surface area contributed by atoms with Gasteiger partial charge in [0.25, 0.3) is 0 Å². The molecule has 7 nitrogen and oxygen atoms in total. The Morgan fingerprint density at radius 3 is 2.39 bits per heavy atom. The average molecular weight is 496 g/mol. The van der Waals surface area contributed by atoms with Gasteiger partial charge in [-0.05, 0) is 35.9 Å². The van der Waals surface area contributed by atoms with Crippen molar-refractivity contribution >= 4 is 17.6 Å². The Hall–Kier alpha value is -3.88. The minimum absolute atomic E-state index is 0.0879. The molecule has 1 atom stereocenters. The summed E-state index contributed by atoms with van der Waals surface area (Å²) in [5.41, 5.74) is 1.88. The second-order valence-corrected chi connectivity index (χ2v) is 7.87. The van der Waals surface area contributed by atoms with Gasteiger partial charge in [-0.1, -0.05) is 36.4 Å². The molecular weight excluding hydrogens is 465 g/mol. The van der Waals surface area contributed by atoms with Gasteiger partial charge in [0.2, 0.25) is 0 Å². The van der Waals surface area contributed by atoms with Crippen molar-refractivity contribution in [1.82, 2.24) is 5.32 Å². The summed E-state index contributed by atoms with van der Waals surface area (Å²) in [6.07, 6.45) is 0.820. The number of benzene rings is 3. The molecule has 0 heterocycles. The van der Waals surface area contributed by atoms with Gasteiger partial charge >= 0.3 is 5.97 Å². The zero-order chi connectivity index (χ0) is 25.9. The van der Waals surface area contributed by atoms with E-state index in [1.165, 1.54) is 19.2 Å². The highest BCUT2D eigenvalue weighted by Crippen LogP contribution is 2.25. The van der Waals surface area contributed by atoms with E-state index in [0.717, 1.165) is 5.56 Å². The molecule has 0 radical (unpaired) electrons. The number of rotatable bonds is 12. The van der Waals surface area contributed by atoms with E-state index in [0.29, 0.717) is 35.9 Å². The molecule has 3 rings (SSSR count). The molecule has 0 spiro atoms. The van der Waals surface area contributed by atoms with Gasteiger partial charge in [0.15, 0.2) is 0 Å². The maximum atomic E-state index is 14.2. The second-order valence-electron chi connectivity index (χ2n) is 7.87. The molecule has 0 aromatic heterocycles. The molecular formula is C28H30FNO6. The van der Waals surface area contributed by atoms with Gasteiger partial charge in [-0.25, -0.2) is 9.18 Å². The molecule has 1 unspecified atom stereocenters. The van der Waals surface area contributed by atoms with E-state index in [2.05, 4.69) is 5.32 Å². The van der Waals surface area contributed by atoms with E-state index in [9.17, 15) is 14.3 Å². The summed E-state index contributed by atoms with van der Waals surface area (Å²) in [5.74, 6) is 0.811. The molecule has 0 aliphatic heterocycles. The van der Waals surface area contributed by atoms with E-state index >= 15 is 0 Å². The standard InChI is InChI=1S/C28H30FNO6/c1-33-23-13-10-20(27(15-23)34-2)16-30-17-21(31)18-36-22-11-8-19(9-12-22)14-25(28(32)35-3)24-6-4-5-7-26(24)29/h4-15,21,30-31H,16-18H2,1-3H3/b25-14+. The first-order valence-electron chi connectivity index (χ1n) is 11.3. The van der Waals surface area contributed by atoms with Gasteiger partial charge in [0.05, 0.1) is 26.9 Å². The lowest BCUT2D eigenvalue weighted by Crippen LogP contribution is -2.31. The number of ether oxygens (including phenoxy) is 4. The van der Waals surface area contributed by atoms with Gasteiger partial charge in [0.1, 0.15) is 35.8 Å². The number of aliphatic hydroxyl groups excluding tert-OH is 1. The fourth-order valence-electron chi connectivity index (χ4n) is 3.49. The predicted molar refractivity (Wildman–Crippen MR) is 135 cm³/mol. The van der Waals surface area contributed by atoms with E-state index in [-0.39, 0.29) is 17.7 Å². The number of aliphatic hydroxyl groups is 1. The zero-order valence-electron chi connectivity index (χ0n) is 20.5. The summed E-state index contributed by atoms with van der Waals surface area (Å²) in [6.45, 7) is 0.918. The first-order chi connectivity index (χ1) is 17.4. The van der Waals surface area contributed by atoms with E-state index in [1.807, 2.05) is 12.1 Å². The largest absolute Gasteiger partial charge is 0.497 e. The fraction of sp³-hybridized carbons (Fsp3) is 0.250. The summed E-state index contributed by atoms with van der Waals surface area (Å²) < 4.78 is 35.3. The van der Waals surface area contributed by atoms with Crippen LogP contribution < -0.4 is 19.5 Å². The molecule has 2 N–H and O–H groups in total. The summed E-state index contributed by atoms with van der Waals surface area (Å²) in [7, 11) is 4.44. The van der Waals surface area contributed by atoms with Crippen LogP contribution in [-0.2, 0) is 16.1 Å². The van der Waals surface area contributed by atoms with Crippen molar-refractivity contribution < 1.29 is 33.2 Å². The molecule has 190 valence electrons. The third kappa shape index (κ3) is 7.31. The highest BCUT2D eigenvalue weighted by atomic mass is 19.1. The fourth-order valence-corrected chi connectivity index (χ4v) is 3.49. The first kappa shape index (κ1) is 26.7. The smallest absolute Gasteiger partial charge is 0.338 e. The topological polar surface area (TPSA) is 86.3 Å². The van der Waals surface area contributed by atoms with Crippen molar-refractivity contribution in [2.24, 2.45) is 0 Å². The predicted octanol–water partition coefficient (Wildman–Crippen LogP) is 4.09. The molecule has 0 amide bonds. The van der Waals surface area contributed by atoms with Crippen LogP contribution in [0.15, 0.2) is 66.7 Å². The summed E-state index contributed by atoms with van der Waals surface area (Å²) in [5, 5.41) is 13.5. The number of hydrogen-bond donors (Lipinski definition) is 2. The number of methoxy groups -OCH3 is 3. The molecule has 0 saturated carbocycles. The molecule has 3 aromatic carbocycles. The molecule has 36 heavy (non-hydrogen) atoms. The van der Waals surface area contributed by atoms with Crippen LogP contribution in [-0.4, -0.2) is 51.7 Å². The highest BCUT2D eigenvalue weighted by Gasteiger charge is 2.16. The average Bonchev–Trinajstić information content (AvgIpc) is 2.91. The summed E-state index contributed by atoms with van der Waals surface area (Å²) in [6, 6.07) is 18.5. The number of halogens is 1. The van der Waals surface area contributed by atoms with Crippen LogP contribution in [0.1, 0.15) is 16.7 Å². The van der Waals surface area contributed by atoms with Crippen LogP contribution in [0.2, 0.25) is 0 Å². The Kier molecular flexibility index (Phi) is 9.85. The Morgan fingerprint density at radius 1 is 1.00 bits per heavy atom. The monoisotopic (exact) mass is 495 g/mol. The number of nitrogens with one attached hydrogen (secondary N) is 1. The number of esters is 1. The molecule has 0 aliphatic rings. The highest BCUT2D eigenvalue weighted by molar-refractivity contribution is 6.21. The van der Waals surface area contributed by atoms with Crippen LogP contribution in [0.3, 0.4) is 0 Å². The number of hydrogen-bond acceptors (Lipinski definition) is 7. The number of carbonyl (C=O) groups is 1. The molecule has 3 aromatic rings. The zero-order valence-corrected chi connectivity index (χ0v) is 20.5. The Morgan fingerprint density at radius 2 is 1.72 bits per heavy atom. The van der Waals surface area contributed by atoms with Gasteiger partial charge < -0.3 is 29.4 Å². The molecule has 0 fully saturated rings. The van der Waals surface area contributed by atoms with E-state index < -0.39 is 17.9 Å². The van der Waals surface area contributed by atoms with Crippen molar-refractivity contribution in [2.75, 3.05) is 34.5 Å². The van der Waals surface area contributed by atoms with Crippen molar-refractivity contribution in [1.29, 1.82) is 0 Å². The lowest BCUT2D eigenvalue weighted by molar-refractivity contribution is -0.133. The van der Waals surface area contributed by atoms with Gasteiger partial charge in [-0.15, -0.1) is 0 Å². The number of carbonyl (C=O) groups excluding carboxylic acids is 1. The van der Waals surface area contributed by atoms with Gasteiger partial charge in [0, 0.05) is 30.3 Å². The lowest BCUT2D eigenvalue weighted by Gasteiger charge is -2.15. The van der Waals surface area contributed by atoms with Crippen molar-refractivity contribution in [3.05, 3.63) is 89.2 Å². The molecule has 0 aliphatic carbocycles. The van der Waals surface area contributed by atoms with E-state index in [1.54, 1.807) is 62.8 Å². The molecule has 0 saturated heterocycles. The van der Waals surface area contributed by atoms with Crippen molar-refractivity contribution in [3.8, 4) is 17.2 Å². The van der Waals surface area contributed by atoms with Gasteiger partial charge in [-0.2, -0.15) is 0 Å². The normalized spacial score (nSPS) is 12.1. The first-order valence-corrected chi connectivity index (χ1v) is 11.3. The van der Waals surface area contributed by atoms with Crippen LogP contribution in [0.5, 0.6) is 17.2 Å². The molecule has 8 heteroatoms. The van der Waals surface area contributed by atoms with Gasteiger partial charge in [-0.3, -0.25) is 0 Å². The molecule has 0 bridgehead atoms. The lowest BCUT2D eigenvalue weighted by atomic mass is 10.0. The van der Waals surface area contributed by atoms with Crippen LogP contribution >= 0.6 is 0 Å². The third-order valence-electron chi connectivity index (χ3n) is 5.39.